The molecule has 0 radical (unpaired) electrons. The van der Waals surface area contributed by atoms with Crippen LogP contribution in [0.3, 0.4) is 0 Å². The van der Waals surface area contributed by atoms with Gasteiger partial charge in [0.15, 0.2) is 0 Å². The molecule has 0 bridgehead atoms. The Morgan fingerprint density at radius 1 is 1.00 bits per heavy atom. The van der Waals surface area contributed by atoms with Gasteiger partial charge < -0.3 is 19.4 Å². The third kappa shape index (κ3) is 4.11. The SMILES string of the molecule is COc1cc(C)c(Nc2nc(=O)c(OC)cn2Cc2ccccc2)cc1C. The van der Waals surface area contributed by atoms with E-state index in [1.54, 1.807) is 13.3 Å². The number of ether oxygens (including phenoxy) is 2. The molecule has 1 heterocycles. The molecule has 3 rings (SSSR count). The maximum absolute atomic E-state index is 12.2. The molecule has 0 fully saturated rings. The minimum atomic E-state index is -0.410. The summed E-state index contributed by atoms with van der Waals surface area (Å²) in [7, 11) is 3.12. The zero-order chi connectivity index (χ0) is 19.4. The van der Waals surface area contributed by atoms with Crippen molar-refractivity contribution in [3.8, 4) is 11.5 Å². The topological polar surface area (TPSA) is 65.4 Å². The van der Waals surface area contributed by atoms with Crippen molar-refractivity contribution in [1.82, 2.24) is 9.55 Å². The van der Waals surface area contributed by atoms with Crippen LogP contribution in [0.2, 0.25) is 0 Å². The first-order valence-corrected chi connectivity index (χ1v) is 8.63. The first kappa shape index (κ1) is 18.5. The Labute approximate surface area is 158 Å². The summed E-state index contributed by atoms with van der Waals surface area (Å²) >= 11 is 0. The van der Waals surface area contributed by atoms with Crippen molar-refractivity contribution in [3.63, 3.8) is 0 Å². The van der Waals surface area contributed by atoms with Crippen LogP contribution in [0.15, 0.2) is 53.5 Å². The molecule has 140 valence electrons. The van der Waals surface area contributed by atoms with Crippen molar-refractivity contribution in [1.29, 1.82) is 0 Å². The van der Waals surface area contributed by atoms with Crippen molar-refractivity contribution in [2.45, 2.75) is 20.4 Å². The molecular formula is C21H23N3O3. The third-order valence-electron chi connectivity index (χ3n) is 4.37. The van der Waals surface area contributed by atoms with Gasteiger partial charge in [0.2, 0.25) is 11.7 Å². The molecule has 0 amide bonds. The average Bonchev–Trinajstić information content (AvgIpc) is 2.67. The quantitative estimate of drug-likeness (QED) is 0.722. The van der Waals surface area contributed by atoms with Crippen LogP contribution in [0.4, 0.5) is 11.6 Å². The standard InChI is InChI=1S/C21H23N3O3/c1-14-11-18(26-3)15(2)10-17(14)22-21-23-20(25)19(27-4)13-24(21)12-16-8-6-5-7-9-16/h5-11,13H,12H2,1-4H3,(H,22,23,25). The first-order valence-electron chi connectivity index (χ1n) is 8.63. The Morgan fingerprint density at radius 2 is 1.70 bits per heavy atom. The Bertz CT molecular complexity index is 998. The van der Waals surface area contributed by atoms with E-state index < -0.39 is 5.56 Å². The maximum Gasteiger partial charge on any atom is 0.316 e. The van der Waals surface area contributed by atoms with Crippen molar-refractivity contribution < 1.29 is 9.47 Å². The molecule has 1 aromatic heterocycles. The van der Waals surface area contributed by atoms with Gasteiger partial charge in [-0.05, 0) is 42.7 Å². The highest BCUT2D eigenvalue weighted by molar-refractivity contribution is 5.62. The van der Waals surface area contributed by atoms with E-state index in [1.807, 2.05) is 60.9 Å². The van der Waals surface area contributed by atoms with Crippen molar-refractivity contribution >= 4 is 11.6 Å². The lowest BCUT2D eigenvalue weighted by atomic mass is 10.1. The van der Waals surface area contributed by atoms with E-state index >= 15 is 0 Å². The average molecular weight is 365 g/mol. The van der Waals surface area contributed by atoms with Gasteiger partial charge in [-0.2, -0.15) is 4.98 Å². The van der Waals surface area contributed by atoms with Gasteiger partial charge in [0.1, 0.15) is 5.75 Å². The van der Waals surface area contributed by atoms with E-state index in [-0.39, 0.29) is 5.75 Å². The van der Waals surface area contributed by atoms with Gasteiger partial charge in [-0.25, -0.2) is 0 Å². The largest absolute Gasteiger partial charge is 0.496 e. The maximum atomic E-state index is 12.2. The lowest BCUT2D eigenvalue weighted by Crippen LogP contribution is -2.19. The number of hydrogen-bond acceptors (Lipinski definition) is 5. The summed E-state index contributed by atoms with van der Waals surface area (Å²) in [6.07, 6.45) is 1.68. The van der Waals surface area contributed by atoms with Crippen molar-refractivity contribution in [3.05, 3.63) is 75.7 Å². The number of hydrogen-bond donors (Lipinski definition) is 1. The van der Waals surface area contributed by atoms with E-state index in [0.29, 0.717) is 12.5 Å². The third-order valence-corrected chi connectivity index (χ3v) is 4.37. The van der Waals surface area contributed by atoms with Crippen LogP contribution >= 0.6 is 0 Å². The normalized spacial score (nSPS) is 10.5. The molecule has 0 aliphatic heterocycles. The van der Waals surface area contributed by atoms with Crippen LogP contribution < -0.4 is 20.3 Å². The molecule has 0 aliphatic carbocycles. The highest BCUT2D eigenvalue weighted by Gasteiger charge is 2.12. The highest BCUT2D eigenvalue weighted by atomic mass is 16.5. The number of rotatable bonds is 6. The van der Waals surface area contributed by atoms with E-state index in [1.165, 1.54) is 7.11 Å². The molecule has 0 aliphatic rings. The number of benzene rings is 2. The summed E-state index contributed by atoms with van der Waals surface area (Å²) in [6, 6.07) is 13.9. The predicted octanol–water partition coefficient (Wildman–Crippen LogP) is 3.67. The molecule has 0 unspecified atom stereocenters. The molecule has 6 nitrogen and oxygen atoms in total. The summed E-state index contributed by atoms with van der Waals surface area (Å²) in [5.74, 6) is 1.49. The molecule has 3 aromatic rings. The van der Waals surface area contributed by atoms with Crippen LogP contribution in [0.25, 0.3) is 0 Å². The molecule has 6 heteroatoms. The minimum absolute atomic E-state index is 0.208. The minimum Gasteiger partial charge on any atom is -0.496 e. The lowest BCUT2D eigenvalue weighted by molar-refractivity contribution is 0.402. The highest BCUT2D eigenvalue weighted by Crippen LogP contribution is 2.28. The Morgan fingerprint density at radius 3 is 2.37 bits per heavy atom. The number of aromatic nitrogens is 2. The number of nitrogens with one attached hydrogen (secondary N) is 1. The van der Waals surface area contributed by atoms with E-state index in [9.17, 15) is 4.79 Å². The molecule has 0 atom stereocenters. The number of nitrogens with zero attached hydrogens (tertiary/aromatic N) is 2. The summed E-state index contributed by atoms with van der Waals surface area (Å²) < 4.78 is 12.4. The van der Waals surface area contributed by atoms with Crippen LogP contribution in [0.5, 0.6) is 11.5 Å². The summed E-state index contributed by atoms with van der Waals surface area (Å²) in [5, 5.41) is 3.29. The monoisotopic (exact) mass is 365 g/mol. The number of anilines is 2. The van der Waals surface area contributed by atoms with Gasteiger partial charge in [-0.15, -0.1) is 0 Å². The summed E-state index contributed by atoms with van der Waals surface area (Å²) in [4.78, 5) is 16.4. The fourth-order valence-corrected chi connectivity index (χ4v) is 2.88. The van der Waals surface area contributed by atoms with Gasteiger partial charge in [-0.3, -0.25) is 4.79 Å². The molecule has 0 spiro atoms. The van der Waals surface area contributed by atoms with Gasteiger partial charge >= 0.3 is 5.56 Å². The zero-order valence-corrected chi connectivity index (χ0v) is 15.9. The fraction of sp³-hybridized carbons (Fsp3) is 0.238. The van der Waals surface area contributed by atoms with Crippen LogP contribution in [-0.4, -0.2) is 23.8 Å². The second kappa shape index (κ2) is 7.95. The molecule has 0 saturated heterocycles. The van der Waals surface area contributed by atoms with Crippen molar-refractivity contribution in [2.75, 3.05) is 19.5 Å². The fourth-order valence-electron chi connectivity index (χ4n) is 2.88. The van der Waals surface area contributed by atoms with Gasteiger partial charge in [0.05, 0.1) is 27.0 Å². The molecule has 27 heavy (non-hydrogen) atoms. The second-order valence-corrected chi connectivity index (χ2v) is 6.31. The predicted molar refractivity (Wildman–Crippen MR) is 106 cm³/mol. The lowest BCUT2D eigenvalue weighted by Gasteiger charge is -2.17. The molecule has 0 saturated carbocycles. The molecule has 1 N–H and O–H groups in total. The van der Waals surface area contributed by atoms with E-state index in [4.69, 9.17) is 9.47 Å². The summed E-state index contributed by atoms with van der Waals surface area (Å²) in [6.45, 7) is 4.51. The Hall–Kier alpha value is -3.28. The van der Waals surface area contributed by atoms with Gasteiger partial charge in [-0.1, -0.05) is 30.3 Å². The Kier molecular flexibility index (Phi) is 5.45. The summed E-state index contributed by atoms with van der Waals surface area (Å²) in [5.41, 5.74) is 3.54. The smallest absolute Gasteiger partial charge is 0.316 e. The van der Waals surface area contributed by atoms with E-state index in [0.717, 1.165) is 28.1 Å². The van der Waals surface area contributed by atoms with Crippen LogP contribution in [-0.2, 0) is 6.54 Å². The van der Waals surface area contributed by atoms with Crippen LogP contribution in [0, 0.1) is 13.8 Å². The van der Waals surface area contributed by atoms with E-state index in [2.05, 4.69) is 10.3 Å². The zero-order valence-electron chi connectivity index (χ0n) is 15.9. The number of methoxy groups -OCH3 is 2. The van der Waals surface area contributed by atoms with Crippen LogP contribution in [0.1, 0.15) is 16.7 Å². The molecule has 2 aromatic carbocycles. The van der Waals surface area contributed by atoms with Gasteiger partial charge in [0.25, 0.3) is 0 Å². The second-order valence-electron chi connectivity index (χ2n) is 6.31. The van der Waals surface area contributed by atoms with Gasteiger partial charge in [0, 0.05) is 5.69 Å². The Balaban J connectivity index is 2.03. The first-order chi connectivity index (χ1) is 13.0. The number of aryl methyl sites for hydroxylation is 2. The van der Waals surface area contributed by atoms with Crippen molar-refractivity contribution in [2.24, 2.45) is 0 Å². The molecular weight excluding hydrogens is 342 g/mol.